The highest BCUT2D eigenvalue weighted by Gasteiger charge is 2.44. The summed E-state index contributed by atoms with van der Waals surface area (Å²) >= 11 is 0. The van der Waals surface area contributed by atoms with Gasteiger partial charge < -0.3 is 5.11 Å². The summed E-state index contributed by atoms with van der Waals surface area (Å²) < 4.78 is 2.03. The number of rotatable bonds is 4. The van der Waals surface area contributed by atoms with Gasteiger partial charge in [-0.1, -0.05) is 32.0 Å². The van der Waals surface area contributed by atoms with Crippen LogP contribution >= 0.6 is 0 Å². The number of aryl methyl sites for hydroxylation is 1. The second-order valence-electron chi connectivity index (χ2n) is 6.59. The number of fused-ring (bicyclic) bond motifs is 1. The summed E-state index contributed by atoms with van der Waals surface area (Å²) in [4.78, 5) is 0. The maximum atomic E-state index is 10.7. The summed E-state index contributed by atoms with van der Waals surface area (Å²) in [7, 11) is 0. The van der Waals surface area contributed by atoms with Crippen LogP contribution in [0.1, 0.15) is 39.3 Å². The molecule has 0 atom stereocenters. The van der Waals surface area contributed by atoms with Gasteiger partial charge in [-0.05, 0) is 37.7 Å². The van der Waals surface area contributed by atoms with Crippen LogP contribution in [0.15, 0.2) is 24.3 Å². The Labute approximate surface area is 120 Å². The number of benzene rings is 1. The van der Waals surface area contributed by atoms with E-state index in [1.165, 1.54) is 10.9 Å². The Hall–Kier alpha value is -1.35. The van der Waals surface area contributed by atoms with Gasteiger partial charge in [0.2, 0.25) is 0 Å². The Balaban J connectivity index is 1.85. The predicted molar refractivity (Wildman–Crippen MR) is 81.6 cm³/mol. The molecule has 20 heavy (non-hydrogen) atoms. The van der Waals surface area contributed by atoms with E-state index in [9.17, 15) is 5.11 Å². The fourth-order valence-corrected chi connectivity index (χ4v) is 3.41. The standard InChI is InChI=1S/C17H24N2O/c1-4-19-16-8-6-5-7-14(16)15(18-19)11-17(20)9-13(10-17)12(2)3/h5-8,12-13,20H,4,9-11H2,1-3H3. The van der Waals surface area contributed by atoms with Crippen LogP contribution in [0.25, 0.3) is 10.9 Å². The second kappa shape index (κ2) is 4.88. The van der Waals surface area contributed by atoms with Crippen molar-refractivity contribution in [2.45, 2.75) is 52.2 Å². The molecule has 0 radical (unpaired) electrons. The fraction of sp³-hybridized carbons (Fsp3) is 0.588. The SMILES string of the molecule is CCn1nc(CC2(O)CC(C(C)C)C2)c2ccccc21. The molecule has 0 saturated heterocycles. The zero-order valence-electron chi connectivity index (χ0n) is 12.6. The minimum absolute atomic E-state index is 0.537. The largest absolute Gasteiger partial charge is 0.389 e. The van der Waals surface area contributed by atoms with Crippen LogP contribution in [0.4, 0.5) is 0 Å². The Bertz CT molecular complexity index is 608. The van der Waals surface area contributed by atoms with Crippen LogP contribution < -0.4 is 0 Å². The number of nitrogens with zero attached hydrogens (tertiary/aromatic N) is 2. The highest BCUT2D eigenvalue weighted by molar-refractivity contribution is 5.82. The lowest BCUT2D eigenvalue weighted by atomic mass is 9.64. The third-order valence-corrected chi connectivity index (χ3v) is 4.76. The first-order chi connectivity index (χ1) is 9.52. The van der Waals surface area contributed by atoms with Gasteiger partial charge in [0.1, 0.15) is 0 Å². The van der Waals surface area contributed by atoms with Gasteiger partial charge >= 0.3 is 0 Å². The van der Waals surface area contributed by atoms with Crippen molar-refractivity contribution in [3.8, 4) is 0 Å². The normalized spacial score (nSPS) is 26.1. The first-order valence-corrected chi connectivity index (χ1v) is 7.69. The number of aliphatic hydroxyl groups is 1. The number of hydrogen-bond donors (Lipinski definition) is 1. The molecule has 1 aromatic carbocycles. The van der Waals surface area contributed by atoms with E-state index in [1.54, 1.807) is 0 Å². The molecule has 0 bridgehead atoms. The van der Waals surface area contributed by atoms with Crippen molar-refractivity contribution < 1.29 is 5.11 Å². The van der Waals surface area contributed by atoms with Crippen molar-refractivity contribution in [2.24, 2.45) is 11.8 Å². The molecule has 0 amide bonds. The lowest BCUT2D eigenvalue weighted by Gasteiger charge is -2.45. The van der Waals surface area contributed by atoms with Crippen molar-refractivity contribution in [3.05, 3.63) is 30.0 Å². The van der Waals surface area contributed by atoms with Crippen LogP contribution in [-0.4, -0.2) is 20.5 Å². The number of hydrogen-bond acceptors (Lipinski definition) is 2. The first kappa shape index (κ1) is 13.6. The Morgan fingerprint density at radius 2 is 2.05 bits per heavy atom. The van der Waals surface area contributed by atoms with Gasteiger partial charge in [-0.2, -0.15) is 5.10 Å². The van der Waals surface area contributed by atoms with Crippen LogP contribution in [0.3, 0.4) is 0 Å². The average Bonchev–Trinajstić information content (AvgIpc) is 2.74. The van der Waals surface area contributed by atoms with Gasteiger partial charge in [0.15, 0.2) is 0 Å². The molecule has 3 rings (SSSR count). The highest BCUT2D eigenvalue weighted by Crippen LogP contribution is 2.44. The average molecular weight is 272 g/mol. The Kier molecular flexibility index (Phi) is 3.33. The van der Waals surface area contributed by atoms with E-state index in [4.69, 9.17) is 5.10 Å². The Morgan fingerprint density at radius 1 is 1.35 bits per heavy atom. The molecule has 1 fully saturated rings. The summed E-state index contributed by atoms with van der Waals surface area (Å²) in [5, 5.41) is 16.6. The number of aromatic nitrogens is 2. The van der Waals surface area contributed by atoms with Crippen molar-refractivity contribution in [2.75, 3.05) is 0 Å². The molecule has 1 heterocycles. The molecule has 1 aromatic heterocycles. The zero-order chi connectivity index (χ0) is 14.3. The molecule has 0 unspecified atom stereocenters. The van der Waals surface area contributed by atoms with Crippen molar-refractivity contribution in [1.82, 2.24) is 9.78 Å². The summed E-state index contributed by atoms with van der Waals surface area (Å²) in [6, 6.07) is 8.32. The summed E-state index contributed by atoms with van der Waals surface area (Å²) in [5.41, 5.74) is 1.69. The minimum atomic E-state index is -0.537. The maximum Gasteiger partial charge on any atom is 0.0731 e. The van der Waals surface area contributed by atoms with Gasteiger partial charge in [0, 0.05) is 18.4 Å². The van der Waals surface area contributed by atoms with E-state index in [-0.39, 0.29) is 0 Å². The lowest BCUT2D eigenvalue weighted by molar-refractivity contribution is -0.0864. The molecule has 3 heteroatoms. The van der Waals surface area contributed by atoms with Gasteiger partial charge in [-0.25, -0.2) is 0 Å². The van der Waals surface area contributed by atoms with Gasteiger partial charge in [-0.3, -0.25) is 4.68 Å². The molecule has 108 valence electrons. The summed E-state index contributed by atoms with van der Waals surface area (Å²) in [6.07, 6.45) is 2.51. The summed E-state index contributed by atoms with van der Waals surface area (Å²) in [6.45, 7) is 7.46. The number of para-hydroxylation sites is 1. The molecule has 1 aliphatic carbocycles. The van der Waals surface area contributed by atoms with E-state index in [1.807, 2.05) is 10.7 Å². The monoisotopic (exact) mass is 272 g/mol. The molecule has 1 saturated carbocycles. The Morgan fingerprint density at radius 3 is 2.70 bits per heavy atom. The van der Waals surface area contributed by atoms with Gasteiger partial charge in [0.05, 0.1) is 16.8 Å². The van der Waals surface area contributed by atoms with Crippen molar-refractivity contribution in [1.29, 1.82) is 0 Å². The molecular weight excluding hydrogens is 248 g/mol. The maximum absolute atomic E-state index is 10.7. The predicted octanol–water partition coefficient (Wildman–Crippen LogP) is 3.40. The summed E-state index contributed by atoms with van der Waals surface area (Å²) in [5.74, 6) is 1.33. The zero-order valence-corrected chi connectivity index (χ0v) is 12.6. The van der Waals surface area contributed by atoms with E-state index in [0.717, 1.165) is 25.1 Å². The molecule has 1 aliphatic rings. The van der Waals surface area contributed by atoms with Crippen molar-refractivity contribution in [3.63, 3.8) is 0 Å². The molecule has 3 nitrogen and oxygen atoms in total. The quantitative estimate of drug-likeness (QED) is 0.926. The smallest absolute Gasteiger partial charge is 0.0731 e. The molecule has 2 aromatic rings. The van der Waals surface area contributed by atoms with Crippen LogP contribution in [0, 0.1) is 11.8 Å². The topological polar surface area (TPSA) is 38.0 Å². The van der Waals surface area contributed by atoms with E-state index in [0.29, 0.717) is 18.3 Å². The minimum Gasteiger partial charge on any atom is -0.389 e. The van der Waals surface area contributed by atoms with Crippen LogP contribution in [-0.2, 0) is 13.0 Å². The first-order valence-electron chi connectivity index (χ1n) is 7.69. The molecule has 0 spiro atoms. The third-order valence-electron chi connectivity index (χ3n) is 4.76. The molecular formula is C17H24N2O. The third kappa shape index (κ3) is 2.24. The highest BCUT2D eigenvalue weighted by atomic mass is 16.3. The lowest BCUT2D eigenvalue weighted by Crippen LogP contribution is -2.47. The van der Waals surface area contributed by atoms with Gasteiger partial charge in [0.25, 0.3) is 0 Å². The van der Waals surface area contributed by atoms with Crippen LogP contribution in [0.2, 0.25) is 0 Å². The van der Waals surface area contributed by atoms with E-state index in [2.05, 4.69) is 39.0 Å². The fourth-order valence-electron chi connectivity index (χ4n) is 3.41. The van der Waals surface area contributed by atoms with E-state index < -0.39 is 5.60 Å². The van der Waals surface area contributed by atoms with Crippen molar-refractivity contribution >= 4 is 10.9 Å². The second-order valence-corrected chi connectivity index (χ2v) is 6.59. The molecule has 1 N–H and O–H groups in total. The van der Waals surface area contributed by atoms with E-state index >= 15 is 0 Å². The van der Waals surface area contributed by atoms with Crippen LogP contribution in [0.5, 0.6) is 0 Å². The molecule has 0 aliphatic heterocycles. The van der Waals surface area contributed by atoms with Gasteiger partial charge in [-0.15, -0.1) is 0 Å².